The van der Waals surface area contributed by atoms with Crippen LogP contribution in [-0.2, 0) is 4.79 Å². The molecule has 8 nitrogen and oxygen atoms in total. The quantitative estimate of drug-likeness (QED) is 0.665. The van der Waals surface area contributed by atoms with Crippen molar-refractivity contribution in [2.24, 2.45) is 11.7 Å². The molecule has 144 valence electrons. The van der Waals surface area contributed by atoms with Gasteiger partial charge in [0.1, 0.15) is 11.9 Å². The summed E-state index contributed by atoms with van der Waals surface area (Å²) in [6.07, 6.45) is 1.87. The Morgan fingerprint density at radius 3 is 2.85 bits per heavy atom. The van der Waals surface area contributed by atoms with E-state index in [4.69, 9.17) is 15.2 Å². The molecule has 1 aromatic carbocycles. The summed E-state index contributed by atoms with van der Waals surface area (Å²) in [5.74, 6) is -0.280. The van der Waals surface area contributed by atoms with E-state index in [0.29, 0.717) is 36.5 Å². The normalized spacial score (nSPS) is 21.9. The predicted octanol–water partition coefficient (Wildman–Crippen LogP) is 0.997. The van der Waals surface area contributed by atoms with Crippen LogP contribution in [0.3, 0.4) is 0 Å². The highest BCUT2D eigenvalue weighted by atomic mass is 16.5. The number of aliphatic hydroxyl groups is 1. The maximum Gasteiger partial charge on any atom is 0.252 e. The summed E-state index contributed by atoms with van der Waals surface area (Å²) in [7, 11) is 1.46. The molecule has 1 aromatic heterocycles. The van der Waals surface area contributed by atoms with Gasteiger partial charge in [0.25, 0.3) is 5.91 Å². The van der Waals surface area contributed by atoms with E-state index in [1.54, 1.807) is 24.4 Å². The largest absolute Gasteiger partial charge is 0.496 e. The van der Waals surface area contributed by atoms with E-state index in [1.807, 2.05) is 6.92 Å². The number of benzene rings is 1. The zero-order valence-electron chi connectivity index (χ0n) is 15.3. The topological polar surface area (TPSA) is 124 Å². The minimum Gasteiger partial charge on any atom is -0.496 e. The number of carbonyl (C=O) groups is 2. The first kappa shape index (κ1) is 18.9. The van der Waals surface area contributed by atoms with Gasteiger partial charge in [-0.3, -0.25) is 9.59 Å². The van der Waals surface area contributed by atoms with Crippen molar-refractivity contribution < 1.29 is 24.2 Å². The molecule has 2 amide bonds. The molecule has 8 heteroatoms. The van der Waals surface area contributed by atoms with E-state index in [9.17, 15) is 14.7 Å². The SMILES string of the molecule is CC[C@H]1[C@@H](CCOc2nccc3cc(C(N)=O)c(OC)cc23)NC(=O)[C@@H]1O. The summed E-state index contributed by atoms with van der Waals surface area (Å²) in [5.41, 5.74) is 5.68. The highest BCUT2D eigenvalue weighted by molar-refractivity contribution is 6.01. The molecule has 0 aliphatic carbocycles. The van der Waals surface area contributed by atoms with E-state index in [-0.39, 0.29) is 23.4 Å². The van der Waals surface area contributed by atoms with Crippen LogP contribution in [0.5, 0.6) is 11.6 Å². The van der Waals surface area contributed by atoms with E-state index < -0.39 is 12.0 Å². The van der Waals surface area contributed by atoms with Crippen molar-refractivity contribution in [1.82, 2.24) is 10.3 Å². The molecule has 2 heterocycles. The molecule has 4 N–H and O–H groups in total. The standard InChI is InChI=1S/C19H23N3O5/c1-3-11-14(22-18(25)16(11)23)5-7-27-19-12-9-15(26-2)13(17(20)24)8-10(12)4-6-21-19/h4,6,8-9,11,14,16,23H,3,5,7H2,1-2H3,(H2,20,24)(H,22,25)/t11-,14+,16+/m0/s1. The Morgan fingerprint density at radius 1 is 1.41 bits per heavy atom. The van der Waals surface area contributed by atoms with E-state index >= 15 is 0 Å². The number of carbonyl (C=O) groups excluding carboxylic acids is 2. The summed E-state index contributed by atoms with van der Waals surface area (Å²) in [4.78, 5) is 27.5. The number of ether oxygens (including phenoxy) is 2. The number of nitrogens with two attached hydrogens (primary N) is 1. The minimum atomic E-state index is -0.966. The van der Waals surface area contributed by atoms with Crippen LogP contribution < -0.4 is 20.5 Å². The van der Waals surface area contributed by atoms with Gasteiger partial charge in [0, 0.05) is 30.0 Å². The molecular formula is C19H23N3O5. The Balaban J connectivity index is 1.77. The molecule has 0 bridgehead atoms. The monoisotopic (exact) mass is 373 g/mol. The zero-order valence-corrected chi connectivity index (χ0v) is 15.3. The molecule has 3 rings (SSSR count). The van der Waals surface area contributed by atoms with Crippen molar-refractivity contribution in [3.05, 3.63) is 30.0 Å². The van der Waals surface area contributed by atoms with Gasteiger partial charge in [-0.25, -0.2) is 4.98 Å². The van der Waals surface area contributed by atoms with Crippen molar-refractivity contribution in [3.63, 3.8) is 0 Å². The number of nitrogens with zero attached hydrogens (tertiary/aromatic N) is 1. The fraction of sp³-hybridized carbons (Fsp3) is 0.421. The second-order valence-electron chi connectivity index (χ2n) is 6.52. The maximum atomic E-state index is 11.7. The number of hydrogen-bond donors (Lipinski definition) is 3. The van der Waals surface area contributed by atoms with Gasteiger partial charge < -0.3 is 25.6 Å². The highest BCUT2D eigenvalue weighted by Gasteiger charge is 2.39. The Kier molecular flexibility index (Phi) is 5.46. The zero-order chi connectivity index (χ0) is 19.6. The summed E-state index contributed by atoms with van der Waals surface area (Å²) in [6.45, 7) is 2.26. The summed E-state index contributed by atoms with van der Waals surface area (Å²) < 4.78 is 11.1. The first-order valence-corrected chi connectivity index (χ1v) is 8.84. The third-order valence-corrected chi connectivity index (χ3v) is 4.97. The van der Waals surface area contributed by atoms with Gasteiger partial charge in [0.2, 0.25) is 11.8 Å². The number of nitrogens with one attached hydrogen (secondary N) is 1. The fourth-order valence-electron chi connectivity index (χ4n) is 3.52. The lowest BCUT2D eigenvalue weighted by atomic mass is 9.93. The third kappa shape index (κ3) is 3.66. The number of primary amides is 1. The van der Waals surface area contributed by atoms with Crippen LogP contribution in [0.25, 0.3) is 10.8 Å². The van der Waals surface area contributed by atoms with Crippen LogP contribution in [0, 0.1) is 5.92 Å². The Bertz CT molecular complexity index is 870. The Labute approximate surface area is 156 Å². The summed E-state index contributed by atoms with van der Waals surface area (Å²) >= 11 is 0. The molecule has 1 aliphatic rings. The van der Waals surface area contributed by atoms with E-state index in [0.717, 1.165) is 5.39 Å². The van der Waals surface area contributed by atoms with Gasteiger partial charge >= 0.3 is 0 Å². The summed E-state index contributed by atoms with van der Waals surface area (Å²) in [5, 5.41) is 14.2. The highest BCUT2D eigenvalue weighted by Crippen LogP contribution is 2.31. The van der Waals surface area contributed by atoms with Crippen LogP contribution in [0.15, 0.2) is 24.4 Å². The van der Waals surface area contributed by atoms with Crippen LogP contribution in [0.4, 0.5) is 0 Å². The van der Waals surface area contributed by atoms with Gasteiger partial charge in [-0.05, 0) is 30.0 Å². The second-order valence-corrected chi connectivity index (χ2v) is 6.52. The van der Waals surface area contributed by atoms with Gasteiger partial charge in [-0.1, -0.05) is 6.92 Å². The van der Waals surface area contributed by atoms with Crippen LogP contribution >= 0.6 is 0 Å². The summed E-state index contributed by atoms with van der Waals surface area (Å²) in [6, 6.07) is 4.94. The molecule has 1 saturated heterocycles. The van der Waals surface area contributed by atoms with Crippen molar-refractivity contribution in [2.45, 2.75) is 31.9 Å². The Hall–Kier alpha value is -2.87. The van der Waals surface area contributed by atoms with Crippen molar-refractivity contribution >= 4 is 22.6 Å². The van der Waals surface area contributed by atoms with Crippen molar-refractivity contribution in [1.29, 1.82) is 0 Å². The van der Waals surface area contributed by atoms with Crippen LogP contribution in [-0.4, -0.2) is 47.8 Å². The van der Waals surface area contributed by atoms with Gasteiger partial charge in [-0.15, -0.1) is 0 Å². The lowest BCUT2D eigenvalue weighted by Gasteiger charge is -2.19. The first-order chi connectivity index (χ1) is 13.0. The lowest BCUT2D eigenvalue weighted by molar-refractivity contribution is -0.127. The molecule has 2 aromatic rings. The number of amides is 2. The van der Waals surface area contributed by atoms with E-state index in [2.05, 4.69) is 10.3 Å². The minimum absolute atomic E-state index is 0.125. The molecule has 0 unspecified atom stereocenters. The van der Waals surface area contributed by atoms with Gasteiger partial charge in [0.15, 0.2) is 0 Å². The fourth-order valence-corrected chi connectivity index (χ4v) is 3.52. The first-order valence-electron chi connectivity index (χ1n) is 8.84. The molecule has 0 spiro atoms. The number of fused-ring (bicyclic) bond motifs is 1. The smallest absolute Gasteiger partial charge is 0.252 e. The molecule has 1 fully saturated rings. The average Bonchev–Trinajstić information content (AvgIpc) is 2.93. The molecule has 0 radical (unpaired) electrons. The molecule has 3 atom stereocenters. The Morgan fingerprint density at radius 2 is 2.19 bits per heavy atom. The predicted molar refractivity (Wildman–Crippen MR) is 98.6 cm³/mol. The maximum absolute atomic E-state index is 11.7. The van der Waals surface area contributed by atoms with Crippen molar-refractivity contribution in [3.8, 4) is 11.6 Å². The number of aliphatic hydroxyl groups excluding tert-OH is 1. The number of aromatic nitrogens is 1. The molecule has 0 saturated carbocycles. The third-order valence-electron chi connectivity index (χ3n) is 4.97. The molecular weight excluding hydrogens is 350 g/mol. The number of hydrogen-bond acceptors (Lipinski definition) is 6. The van der Waals surface area contributed by atoms with Gasteiger partial charge in [-0.2, -0.15) is 0 Å². The number of methoxy groups -OCH3 is 1. The van der Waals surface area contributed by atoms with Crippen LogP contribution in [0.2, 0.25) is 0 Å². The van der Waals surface area contributed by atoms with Crippen LogP contribution in [0.1, 0.15) is 30.1 Å². The lowest BCUT2D eigenvalue weighted by Crippen LogP contribution is -2.30. The van der Waals surface area contributed by atoms with Crippen molar-refractivity contribution in [2.75, 3.05) is 13.7 Å². The average molecular weight is 373 g/mol. The second kappa shape index (κ2) is 7.79. The molecule has 27 heavy (non-hydrogen) atoms. The number of pyridine rings is 1. The van der Waals surface area contributed by atoms with Gasteiger partial charge in [0.05, 0.1) is 19.3 Å². The van der Waals surface area contributed by atoms with E-state index in [1.165, 1.54) is 7.11 Å². The molecule has 1 aliphatic heterocycles. The number of rotatable bonds is 7.